The maximum absolute atomic E-state index is 12.3. The van der Waals surface area contributed by atoms with Gasteiger partial charge < -0.3 is 0 Å². The van der Waals surface area contributed by atoms with Gasteiger partial charge in [0.2, 0.25) is 10.0 Å². The molecule has 0 radical (unpaired) electrons. The van der Waals surface area contributed by atoms with Gasteiger partial charge in [0.1, 0.15) is 0 Å². The maximum Gasteiger partial charge on any atom is 0.269 e. The molecule has 0 aromatic heterocycles. The molecule has 0 aliphatic carbocycles. The van der Waals surface area contributed by atoms with Crippen molar-refractivity contribution in [2.75, 3.05) is 0 Å². The smallest absolute Gasteiger partial charge is 0.258 e. The van der Waals surface area contributed by atoms with Crippen molar-refractivity contribution in [2.45, 2.75) is 25.1 Å². The van der Waals surface area contributed by atoms with E-state index in [2.05, 4.69) is 4.72 Å². The second-order valence-electron chi connectivity index (χ2n) is 5.18. The largest absolute Gasteiger partial charge is 0.269 e. The highest BCUT2D eigenvalue weighted by Crippen LogP contribution is 2.19. The zero-order chi connectivity index (χ0) is 16.9. The van der Waals surface area contributed by atoms with E-state index < -0.39 is 14.9 Å². The van der Waals surface area contributed by atoms with Crippen LogP contribution in [0, 0.1) is 10.1 Å². The zero-order valence-electron chi connectivity index (χ0n) is 12.7. The molecule has 1 atom stereocenters. The number of non-ortho nitro benzene ring substituents is 1. The van der Waals surface area contributed by atoms with Crippen molar-refractivity contribution < 1.29 is 13.3 Å². The molecule has 7 heteroatoms. The zero-order valence-corrected chi connectivity index (χ0v) is 13.5. The summed E-state index contributed by atoms with van der Waals surface area (Å²) in [6, 6.07) is 14.7. The Morgan fingerprint density at radius 3 is 2.43 bits per heavy atom. The molecule has 6 nitrogen and oxygen atoms in total. The van der Waals surface area contributed by atoms with Crippen molar-refractivity contribution in [1.29, 1.82) is 0 Å². The van der Waals surface area contributed by atoms with Crippen molar-refractivity contribution in [2.24, 2.45) is 0 Å². The van der Waals surface area contributed by atoms with Crippen LogP contribution in [0.25, 0.3) is 0 Å². The highest BCUT2D eigenvalue weighted by atomic mass is 32.2. The third kappa shape index (κ3) is 4.87. The third-order valence-electron chi connectivity index (χ3n) is 3.41. The Morgan fingerprint density at radius 1 is 1.13 bits per heavy atom. The van der Waals surface area contributed by atoms with Gasteiger partial charge in [-0.3, -0.25) is 10.1 Å². The van der Waals surface area contributed by atoms with E-state index in [4.69, 9.17) is 0 Å². The third-order valence-corrected chi connectivity index (χ3v) is 4.77. The number of nitro benzene ring substituents is 1. The van der Waals surface area contributed by atoms with Gasteiger partial charge in [0.15, 0.2) is 0 Å². The summed E-state index contributed by atoms with van der Waals surface area (Å²) in [6.07, 6.45) is 0.609. The van der Waals surface area contributed by atoms with Crippen molar-refractivity contribution in [3.05, 3.63) is 75.8 Å². The van der Waals surface area contributed by atoms with E-state index in [0.717, 1.165) is 5.56 Å². The van der Waals surface area contributed by atoms with Gasteiger partial charge in [-0.05, 0) is 17.5 Å². The molecule has 0 heterocycles. The van der Waals surface area contributed by atoms with E-state index >= 15 is 0 Å². The quantitative estimate of drug-likeness (QED) is 0.622. The molecule has 2 rings (SSSR count). The van der Waals surface area contributed by atoms with Gasteiger partial charge in [-0.2, -0.15) is 0 Å². The molecular weight excluding hydrogens is 316 g/mol. The van der Waals surface area contributed by atoms with E-state index in [1.54, 1.807) is 6.07 Å². The first kappa shape index (κ1) is 17.1. The molecule has 0 amide bonds. The minimum Gasteiger partial charge on any atom is -0.258 e. The maximum atomic E-state index is 12.3. The molecule has 0 bridgehead atoms. The molecule has 122 valence electrons. The van der Waals surface area contributed by atoms with Gasteiger partial charge in [-0.1, -0.05) is 49.4 Å². The number of hydrogen-bond donors (Lipinski definition) is 1. The molecule has 0 unspecified atom stereocenters. The van der Waals surface area contributed by atoms with E-state index in [-0.39, 0.29) is 17.5 Å². The summed E-state index contributed by atoms with van der Waals surface area (Å²) < 4.78 is 27.3. The summed E-state index contributed by atoms with van der Waals surface area (Å²) in [6.45, 7) is 1.90. The first-order chi connectivity index (χ1) is 10.9. The fourth-order valence-electron chi connectivity index (χ4n) is 2.31. The monoisotopic (exact) mass is 334 g/mol. The van der Waals surface area contributed by atoms with Gasteiger partial charge >= 0.3 is 0 Å². The highest BCUT2D eigenvalue weighted by Gasteiger charge is 2.19. The Kier molecular flexibility index (Phi) is 5.46. The lowest BCUT2D eigenvalue weighted by Crippen LogP contribution is -2.29. The van der Waals surface area contributed by atoms with Crippen molar-refractivity contribution >= 4 is 15.7 Å². The summed E-state index contributed by atoms with van der Waals surface area (Å²) in [5, 5.41) is 10.8. The number of nitro groups is 1. The summed E-state index contributed by atoms with van der Waals surface area (Å²) in [7, 11) is -3.61. The second kappa shape index (κ2) is 7.34. The molecule has 0 fully saturated rings. The lowest BCUT2D eigenvalue weighted by Gasteiger charge is -2.17. The molecule has 2 aromatic rings. The van der Waals surface area contributed by atoms with Crippen LogP contribution in [0.1, 0.15) is 30.5 Å². The van der Waals surface area contributed by atoms with E-state index in [9.17, 15) is 18.5 Å². The fraction of sp³-hybridized carbons (Fsp3) is 0.250. The molecule has 0 saturated carbocycles. The number of nitrogens with zero attached hydrogens (tertiary/aromatic N) is 1. The van der Waals surface area contributed by atoms with Gasteiger partial charge in [0.05, 0.1) is 10.7 Å². The van der Waals surface area contributed by atoms with Crippen LogP contribution in [0.5, 0.6) is 0 Å². The first-order valence-corrected chi connectivity index (χ1v) is 8.85. The van der Waals surface area contributed by atoms with Crippen LogP contribution in [-0.2, 0) is 15.8 Å². The molecule has 1 N–H and O–H groups in total. The summed E-state index contributed by atoms with van der Waals surface area (Å²) >= 11 is 0. The number of hydrogen-bond acceptors (Lipinski definition) is 4. The predicted molar refractivity (Wildman–Crippen MR) is 88.3 cm³/mol. The second-order valence-corrected chi connectivity index (χ2v) is 6.93. The Morgan fingerprint density at radius 2 is 1.83 bits per heavy atom. The van der Waals surface area contributed by atoms with Crippen LogP contribution in [-0.4, -0.2) is 13.3 Å². The Labute approximate surface area is 135 Å². The van der Waals surface area contributed by atoms with Crippen LogP contribution in [0.4, 0.5) is 5.69 Å². The van der Waals surface area contributed by atoms with Crippen molar-refractivity contribution in [3.63, 3.8) is 0 Å². The topological polar surface area (TPSA) is 89.3 Å². The molecular formula is C16H18N2O4S. The molecule has 0 saturated heterocycles. The van der Waals surface area contributed by atoms with Crippen LogP contribution < -0.4 is 4.72 Å². The molecule has 0 aliphatic rings. The lowest BCUT2D eigenvalue weighted by atomic mass is 10.1. The Bertz CT molecular complexity index is 776. The number of rotatable bonds is 7. The summed E-state index contributed by atoms with van der Waals surface area (Å²) in [4.78, 5) is 10.2. The highest BCUT2D eigenvalue weighted by molar-refractivity contribution is 7.88. The van der Waals surface area contributed by atoms with Crippen molar-refractivity contribution in [3.8, 4) is 0 Å². The van der Waals surface area contributed by atoms with Gasteiger partial charge in [0, 0.05) is 18.2 Å². The average molecular weight is 334 g/mol. The van der Waals surface area contributed by atoms with Crippen LogP contribution >= 0.6 is 0 Å². The number of benzene rings is 2. The lowest BCUT2D eigenvalue weighted by molar-refractivity contribution is -0.384. The molecule has 0 aliphatic heterocycles. The summed E-state index contributed by atoms with van der Waals surface area (Å²) in [5.41, 5.74) is 1.15. The molecule has 23 heavy (non-hydrogen) atoms. The summed E-state index contributed by atoms with van der Waals surface area (Å²) in [5.74, 6) is -0.294. The van der Waals surface area contributed by atoms with Crippen molar-refractivity contribution in [1.82, 2.24) is 4.72 Å². The van der Waals surface area contributed by atoms with Gasteiger partial charge in [0.25, 0.3) is 5.69 Å². The van der Waals surface area contributed by atoms with E-state index in [1.807, 2.05) is 37.3 Å². The minimum atomic E-state index is -3.61. The fourth-order valence-corrected chi connectivity index (χ4v) is 3.75. The van der Waals surface area contributed by atoms with Crippen LogP contribution in [0.15, 0.2) is 54.6 Å². The van der Waals surface area contributed by atoms with Crippen LogP contribution in [0.3, 0.4) is 0 Å². The SMILES string of the molecule is CC[C@H](NS(=O)(=O)Cc1cccc([N+](=O)[O-])c1)c1ccccc1. The van der Waals surface area contributed by atoms with Gasteiger partial charge in [-0.15, -0.1) is 0 Å². The van der Waals surface area contributed by atoms with E-state index in [1.165, 1.54) is 18.2 Å². The van der Waals surface area contributed by atoms with Gasteiger partial charge in [-0.25, -0.2) is 13.1 Å². The molecule has 0 spiro atoms. The standard InChI is InChI=1S/C16H18N2O4S/c1-2-16(14-8-4-3-5-9-14)17-23(21,22)12-13-7-6-10-15(11-13)18(19)20/h3-11,16-17H,2,12H2,1H3/t16-/m0/s1. The molecule has 2 aromatic carbocycles. The van der Waals surface area contributed by atoms with E-state index in [0.29, 0.717) is 12.0 Å². The number of sulfonamides is 1. The predicted octanol–water partition coefficient (Wildman–Crippen LogP) is 3.17. The number of nitrogens with one attached hydrogen (secondary N) is 1. The normalized spacial score (nSPS) is 12.7. The Hall–Kier alpha value is -2.25. The minimum absolute atomic E-state index is 0.118. The van der Waals surface area contributed by atoms with Crippen LogP contribution in [0.2, 0.25) is 0 Å². The Balaban J connectivity index is 2.15. The first-order valence-electron chi connectivity index (χ1n) is 7.19. The average Bonchev–Trinajstić information content (AvgIpc) is 2.53.